The summed E-state index contributed by atoms with van der Waals surface area (Å²) in [7, 11) is 0. The van der Waals surface area contributed by atoms with Crippen molar-refractivity contribution in [2.24, 2.45) is 0 Å². The van der Waals surface area contributed by atoms with Crippen LogP contribution in [0.4, 0.5) is 5.82 Å². The van der Waals surface area contributed by atoms with E-state index in [-0.39, 0.29) is 23.9 Å². The first-order chi connectivity index (χ1) is 15.0. The lowest BCUT2D eigenvalue weighted by atomic mass is 10.1. The number of unbranched alkanes of at least 4 members (excludes halogenated alkanes) is 1. The van der Waals surface area contributed by atoms with Crippen molar-refractivity contribution in [3.63, 3.8) is 0 Å². The van der Waals surface area contributed by atoms with Crippen LogP contribution < -0.4 is 4.90 Å². The number of carboxylic acid groups (broad SMARTS) is 1. The van der Waals surface area contributed by atoms with Gasteiger partial charge in [-0.25, -0.2) is 9.78 Å². The zero-order valence-electron chi connectivity index (χ0n) is 17.6. The van der Waals surface area contributed by atoms with Gasteiger partial charge in [0.15, 0.2) is 0 Å². The highest BCUT2D eigenvalue weighted by molar-refractivity contribution is 5.97. The van der Waals surface area contributed by atoms with Crippen LogP contribution in [0.25, 0.3) is 0 Å². The highest BCUT2D eigenvalue weighted by atomic mass is 16.5. The van der Waals surface area contributed by atoms with Crippen LogP contribution >= 0.6 is 0 Å². The summed E-state index contributed by atoms with van der Waals surface area (Å²) in [6.45, 7) is 4.35. The molecule has 2 aromatic rings. The van der Waals surface area contributed by atoms with Crippen LogP contribution in [-0.2, 0) is 16.1 Å². The summed E-state index contributed by atoms with van der Waals surface area (Å²) in [4.78, 5) is 44.5. The van der Waals surface area contributed by atoms with Crippen LogP contribution in [0.3, 0.4) is 0 Å². The van der Waals surface area contributed by atoms with E-state index in [1.54, 1.807) is 34.1 Å². The quantitative estimate of drug-likeness (QED) is 0.698. The van der Waals surface area contributed by atoms with E-state index < -0.39 is 5.97 Å². The molecule has 1 aliphatic heterocycles. The Labute approximate surface area is 181 Å². The van der Waals surface area contributed by atoms with Crippen molar-refractivity contribution in [2.75, 3.05) is 31.2 Å². The lowest BCUT2D eigenvalue weighted by Gasteiger charge is -2.27. The number of pyridine rings is 1. The van der Waals surface area contributed by atoms with E-state index in [0.717, 1.165) is 18.4 Å². The Morgan fingerprint density at radius 1 is 1.10 bits per heavy atom. The molecular weight excluding hydrogens is 398 g/mol. The second kappa shape index (κ2) is 10.7. The number of aromatic carboxylic acids is 1. The third-order valence-electron chi connectivity index (χ3n) is 5.15. The molecule has 1 saturated heterocycles. The molecule has 0 radical (unpaired) electrons. The van der Waals surface area contributed by atoms with Gasteiger partial charge in [-0.15, -0.1) is 0 Å². The molecule has 8 nitrogen and oxygen atoms in total. The van der Waals surface area contributed by atoms with Crippen LogP contribution in [0.5, 0.6) is 0 Å². The second-order valence-corrected chi connectivity index (χ2v) is 7.39. The van der Waals surface area contributed by atoms with Gasteiger partial charge in [-0.1, -0.05) is 25.5 Å². The molecular formula is C23H27N3O5. The van der Waals surface area contributed by atoms with Crippen LogP contribution in [0.15, 0.2) is 42.6 Å². The van der Waals surface area contributed by atoms with E-state index in [0.29, 0.717) is 44.1 Å². The molecule has 0 unspecified atom stereocenters. The largest absolute Gasteiger partial charge is 0.478 e. The van der Waals surface area contributed by atoms with E-state index in [2.05, 4.69) is 4.98 Å². The molecule has 8 heteroatoms. The summed E-state index contributed by atoms with van der Waals surface area (Å²) in [5.41, 5.74) is 1.44. The van der Waals surface area contributed by atoms with Crippen LogP contribution in [-0.4, -0.2) is 59.1 Å². The van der Waals surface area contributed by atoms with Gasteiger partial charge in [-0.3, -0.25) is 14.5 Å². The van der Waals surface area contributed by atoms with Gasteiger partial charge in [0.05, 0.1) is 25.3 Å². The number of anilines is 1. The topological polar surface area (TPSA) is 100 Å². The maximum absolute atomic E-state index is 12.9. The molecule has 0 saturated carbocycles. The van der Waals surface area contributed by atoms with E-state index >= 15 is 0 Å². The fourth-order valence-electron chi connectivity index (χ4n) is 3.34. The zero-order chi connectivity index (χ0) is 22.2. The van der Waals surface area contributed by atoms with Crippen molar-refractivity contribution in [1.82, 2.24) is 9.88 Å². The van der Waals surface area contributed by atoms with Crippen molar-refractivity contribution in [3.05, 3.63) is 59.3 Å². The zero-order valence-corrected chi connectivity index (χ0v) is 17.6. The molecule has 0 atom stereocenters. The van der Waals surface area contributed by atoms with Gasteiger partial charge < -0.3 is 14.7 Å². The minimum absolute atomic E-state index is 0.0902. The third kappa shape index (κ3) is 5.88. The number of carbonyl (C=O) groups excluding carboxylic acids is 2. The smallest absolute Gasteiger partial charge is 0.335 e. The van der Waals surface area contributed by atoms with Crippen molar-refractivity contribution in [3.8, 4) is 0 Å². The van der Waals surface area contributed by atoms with E-state index in [4.69, 9.17) is 9.84 Å². The van der Waals surface area contributed by atoms with Gasteiger partial charge in [0.25, 0.3) is 5.91 Å². The van der Waals surface area contributed by atoms with Crippen molar-refractivity contribution in [1.29, 1.82) is 0 Å². The molecule has 0 bridgehead atoms. The van der Waals surface area contributed by atoms with Crippen molar-refractivity contribution >= 4 is 23.6 Å². The van der Waals surface area contributed by atoms with E-state index in [1.165, 1.54) is 18.3 Å². The molecule has 1 fully saturated rings. The number of aromatic nitrogens is 1. The predicted molar refractivity (Wildman–Crippen MR) is 115 cm³/mol. The van der Waals surface area contributed by atoms with Gasteiger partial charge in [0.2, 0.25) is 5.91 Å². The van der Waals surface area contributed by atoms with Gasteiger partial charge in [-0.2, -0.15) is 0 Å². The Bertz CT molecular complexity index is 923. The monoisotopic (exact) mass is 425 g/mol. The molecule has 164 valence electrons. The Kier molecular flexibility index (Phi) is 7.72. The Balaban J connectivity index is 1.85. The number of nitrogens with zero attached hydrogens (tertiary/aromatic N) is 3. The highest BCUT2D eigenvalue weighted by Crippen LogP contribution is 2.20. The second-order valence-electron chi connectivity index (χ2n) is 7.39. The summed E-state index contributed by atoms with van der Waals surface area (Å²) in [6.07, 6.45) is 3.54. The molecule has 1 N–H and O–H groups in total. The van der Waals surface area contributed by atoms with E-state index in [1.807, 2.05) is 6.92 Å². The van der Waals surface area contributed by atoms with Crippen LogP contribution in [0, 0.1) is 0 Å². The first-order valence-corrected chi connectivity index (χ1v) is 10.4. The number of benzene rings is 1. The first-order valence-electron chi connectivity index (χ1n) is 10.4. The number of rotatable bonds is 8. The fraction of sp³-hybridized carbons (Fsp3) is 0.391. The Hall–Kier alpha value is -3.26. The SMILES string of the molecule is CCCCC(=O)N(Cc1ccc(C(=O)O)cc1)c1cc(C(=O)N2CCOCC2)ccn1. The van der Waals surface area contributed by atoms with Gasteiger partial charge >= 0.3 is 5.97 Å². The number of hydrogen-bond donors (Lipinski definition) is 1. The molecule has 1 aromatic heterocycles. The molecule has 1 aliphatic rings. The predicted octanol–water partition coefficient (Wildman–Crippen LogP) is 2.98. The Morgan fingerprint density at radius 3 is 2.45 bits per heavy atom. The third-order valence-corrected chi connectivity index (χ3v) is 5.15. The maximum Gasteiger partial charge on any atom is 0.335 e. The fourth-order valence-corrected chi connectivity index (χ4v) is 3.34. The van der Waals surface area contributed by atoms with Crippen molar-refractivity contribution in [2.45, 2.75) is 32.7 Å². The molecule has 31 heavy (non-hydrogen) atoms. The summed E-state index contributed by atoms with van der Waals surface area (Å²) in [5, 5.41) is 9.09. The summed E-state index contributed by atoms with van der Waals surface area (Å²) < 4.78 is 5.31. The number of carbonyl (C=O) groups is 3. The number of morpholine rings is 1. The lowest BCUT2D eigenvalue weighted by molar-refractivity contribution is -0.118. The van der Waals surface area contributed by atoms with Gasteiger partial charge in [0.1, 0.15) is 5.82 Å². The number of ether oxygens (including phenoxy) is 1. The minimum Gasteiger partial charge on any atom is -0.478 e. The molecule has 0 aliphatic carbocycles. The molecule has 1 aromatic carbocycles. The minimum atomic E-state index is -1.00. The first kappa shape index (κ1) is 22.4. The average Bonchev–Trinajstić information content (AvgIpc) is 2.81. The van der Waals surface area contributed by atoms with Crippen molar-refractivity contribution < 1.29 is 24.2 Å². The summed E-state index contributed by atoms with van der Waals surface area (Å²) >= 11 is 0. The number of amides is 2. The summed E-state index contributed by atoms with van der Waals surface area (Å²) in [6, 6.07) is 9.69. The van der Waals surface area contributed by atoms with Crippen LogP contribution in [0.2, 0.25) is 0 Å². The average molecular weight is 425 g/mol. The number of carboxylic acids is 1. The molecule has 0 spiro atoms. The molecule has 2 amide bonds. The van der Waals surface area contributed by atoms with E-state index in [9.17, 15) is 14.4 Å². The van der Waals surface area contributed by atoms with Gasteiger partial charge in [-0.05, 0) is 36.2 Å². The maximum atomic E-state index is 12.9. The number of hydrogen-bond acceptors (Lipinski definition) is 5. The summed E-state index contributed by atoms with van der Waals surface area (Å²) in [5.74, 6) is -0.799. The van der Waals surface area contributed by atoms with Crippen LogP contribution in [0.1, 0.15) is 52.5 Å². The Morgan fingerprint density at radius 2 is 1.81 bits per heavy atom. The normalized spacial score (nSPS) is 13.6. The molecule has 2 heterocycles. The van der Waals surface area contributed by atoms with Gasteiger partial charge in [0, 0.05) is 31.3 Å². The lowest BCUT2D eigenvalue weighted by Crippen LogP contribution is -2.40. The molecule has 3 rings (SSSR count). The highest BCUT2D eigenvalue weighted by Gasteiger charge is 2.22. The standard InChI is InChI=1S/C23H27N3O5/c1-2-3-4-21(27)26(16-17-5-7-18(8-6-17)23(29)30)20-15-19(9-10-24-20)22(28)25-11-13-31-14-12-25/h5-10,15H,2-4,11-14,16H2,1H3,(H,29,30).